The third-order valence-electron chi connectivity index (χ3n) is 12.4. The standard InChI is InChI=1S/C46H60N6O6Si/c1-30-27-52(28-35-41(30)58-59(9,46(5,6)7)42(35)43(54)57-45(2,3)4)38-17-18-47-26-33(38)24-39(53)40-37(49-44(55)56-29-31-13-11-10-12-14-31)23-32-15-16-34(25-36(32)48-40)51-21-19-50(8)20-22-51/h10-18,23,25-26,30,35,41-42H,19-22,24,27-29H2,1-9H3,(H,49,55)/t30-,35+,41+,42?,59?/m0/s1. The van der Waals surface area contributed by atoms with Gasteiger partial charge < -0.3 is 28.6 Å². The number of piperazine rings is 1. The molecule has 3 aliphatic heterocycles. The van der Waals surface area contributed by atoms with Gasteiger partial charge in [-0.15, -0.1) is 0 Å². The smallest absolute Gasteiger partial charge is 0.412 e. The Bertz CT molecular complexity index is 2180. The van der Waals surface area contributed by atoms with Crippen molar-refractivity contribution in [1.82, 2.24) is 14.9 Å². The molecule has 12 nitrogen and oxygen atoms in total. The van der Waals surface area contributed by atoms with Gasteiger partial charge in [0.05, 0.1) is 22.8 Å². The molecule has 2 unspecified atom stereocenters. The molecule has 59 heavy (non-hydrogen) atoms. The summed E-state index contributed by atoms with van der Waals surface area (Å²) in [6.07, 6.45) is 2.71. The molecule has 0 spiro atoms. The van der Waals surface area contributed by atoms with Crippen LogP contribution in [0.15, 0.2) is 73.1 Å². The van der Waals surface area contributed by atoms with E-state index in [0.29, 0.717) is 18.6 Å². The summed E-state index contributed by atoms with van der Waals surface area (Å²) in [6, 6.07) is 19.3. The van der Waals surface area contributed by atoms with Crippen LogP contribution in [-0.2, 0) is 31.7 Å². The van der Waals surface area contributed by atoms with Crippen LogP contribution in [0.4, 0.5) is 21.9 Å². The molecule has 0 radical (unpaired) electrons. The summed E-state index contributed by atoms with van der Waals surface area (Å²) in [7, 11) is -0.551. The van der Waals surface area contributed by atoms with Gasteiger partial charge in [-0.05, 0) is 75.2 Å². The lowest BCUT2D eigenvalue weighted by Crippen LogP contribution is -2.50. The SMILES string of the molecule is C[C@H]1CN(c2ccncc2CC(=O)c2nc3cc(N4CCN(C)CC4)ccc3cc2NC(=O)OCc2ccccc2)C[C@H]2C(C(=O)OC(C)(C)C)[Si](C)(C(C)(C)C)O[C@H]12. The number of ketones is 1. The molecule has 3 aliphatic rings. The van der Waals surface area contributed by atoms with Gasteiger partial charge in [0.1, 0.15) is 17.9 Å². The van der Waals surface area contributed by atoms with Crippen LogP contribution in [0.2, 0.25) is 17.1 Å². The predicted molar refractivity (Wildman–Crippen MR) is 235 cm³/mol. The summed E-state index contributed by atoms with van der Waals surface area (Å²) >= 11 is 0. The summed E-state index contributed by atoms with van der Waals surface area (Å²) in [4.78, 5) is 58.4. The van der Waals surface area contributed by atoms with Crippen molar-refractivity contribution in [3.8, 4) is 0 Å². The molecule has 3 saturated heterocycles. The van der Waals surface area contributed by atoms with Crippen LogP contribution in [0, 0.1) is 11.8 Å². The lowest BCUT2D eigenvalue weighted by atomic mass is 9.84. The zero-order valence-corrected chi connectivity index (χ0v) is 37.1. The zero-order valence-electron chi connectivity index (χ0n) is 36.1. The molecule has 1 amide bonds. The van der Waals surface area contributed by atoms with Crippen LogP contribution < -0.4 is 15.1 Å². The number of ether oxygens (including phenoxy) is 2. The van der Waals surface area contributed by atoms with Gasteiger partial charge in [-0.2, -0.15) is 0 Å². The first-order valence-corrected chi connectivity index (χ1v) is 23.4. The van der Waals surface area contributed by atoms with Gasteiger partial charge in [-0.3, -0.25) is 19.9 Å². The van der Waals surface area contributed by atoms with E-state index in [0.717, 1.165) is 54.1 Å². The zero-order chi connectivity index (χ0) is 42.3. The van der Waals surface area contributed by atoms with E-state index in [1.807, 2.05) is 69.3 Å². The number of aromatic nitrogens is 2. The molecule has 1 N–H and O–H groups in total. The fourth-order valence-corrected chi connectivity index (χ4v) is 12.9. The molecule has 314 valence electrons. The van der Waals surface area contributed by atoms with Gasteiger partial charge in [0.25, 0.3) is 0 Å². The third kappa shape index (κ3) is 9.17. The topological polar surface area (TPSA) is 126 Å². The van der Waals surface area contributed by atoms with E-state index in [2.05, 4.69) is 72.4 Å². The second-order valence-corrected chi connectivity index (χ2v) is 23.4. The van der Waals surface area contributed by atoms with Gasteiger partial charge >= 0.3 is 12.1 Å². The lowest BCUT2D eigenvalue weighted by molar-refractivity contribution is -0.156. The van der Waals surface area contributed by atoms with Crippen molar-refractivity contribution in [3.05, 3.63) is 89.9 Å². The molecule has 2 aromatic carbocycles. The number of nitrogens with one attached hydrogen (secondary N) is 1. The van der Waals surface area contributed by atoms with Crippen molar-refractivity contribution in [3.63, 3.8) is 0 Å². The van der Waals surface area contributed by atoms with Gasteiger partial charge in [0.2, 0.25) is 8.32 Å². The highest BCUT2D eigenvalue weighted by Crippen LogP contribution is 2.57. The number of likely N-dealkylation sites (N-methyl/N-ethyl adjacent to an activating group) is 1. The Hall–Kier alpha value is -4.85. The number of benzene rings is 2. The van der Waals surface area contributed by atoms with E-state index < -0.39 is 20.0 Å². The van der Waals surface area contributed by atoms with Crippen LogP contribution >= 0.6 is 0 Å². The molecule has 5 atom stereocenters. The van der Waals surface area contributed by atoms with Gasteiger partial charge in [-0.1, -0.05) is 64.1 Å². The number of carbonyl (C=O) groups is 3. The summed E-state index contributed by atoms with van der Waals surface area (Å²) < 4.78 is 18.8. The second kappa shape index (κ2) is 16.7. The number of amides is 1. The summed E-state index contributed by atoms with van der Waals surface area (Å²) in [5.41, 5.74) is 3.60. The molecular weight excluding hydrogens is 761 g/mol. The Balaban J connectivity index is 1.19. The van der Waals surface area contributed by atoms with E-state index in [1.54, 1.807) is 18.5 Å². The van der Waals surface area contributed by atoms with Crippen molar-refractivity contribution in [2.24, 2.45) is 11.8 Å². The average molecular weight is 821 g/mol. The molecule has 13 heteroatoms. The molecule has 4 aromatic rings. The van der Waals surface area contributed by atoms with E-state index in [9.17, 15) is 14.4 Å². The number of pyridine rings is 2. The Morgan fingerprint density at radius 3 is 2.36 bits per heavy atom. The minimum atomic E-state index is -2.68. The summed E-state index contributed by atoms with van der Waals surface area (Å²) in [6.45, 7) is 21.7. The highest BCUT2D eigenvalue weighted by molar-refractivity contribution is 6.80. The summed E-state index contributed by atoms with van der Waals surface area (Å²) in [5.74, 6) is -0.429. The van der Waals surface area contributed by atoms with E-state index in [4.69, 9.17) is 18.9 Å². The largest absolute Gasteiger partial charge is 0.460 e. The first-order valence-electron chi connectivity index (χ1n) is 20.9. The minimum absolute atomic E-state index is 0.00694. The van der Waals surface area contributed by atoms with E-state index >= 15 is 0 Å². The maximum Gasteiger partial charge on any atom is 0.412 e. The Kier molecular flexibility index (Phi) is 11.9. The molecular formula is C46H60N6O6Si. The normalized spacial score (nSPS) is 23.8. The average Bonchev–Trinajstić information content (AvgIpc) is 3.51. The highest BCUT2D eigenvalue weighted by atomic mass is 28.4. The van der Waals surface area contributed by atoms with Crippen LogP contribution in [0.5, 0.6) is 0 Å². The number of Topliss-reactive ketones (excluding diaryl/α,β-unsaturated/α-hetero) is 1. The maximum atomic E-state index is 14.6. The Labute approximate surface area is 349 Å². The van der Waals surface area contributed by atoms with Crippen molar-refractivity contribution < 1.29 is 28.3 Å². The molecule has 5 heterocycles. The van der Waals surface area contributed by atoms with Crippen molar-refractivity contribution in [1.29, 1.82) is 0 Å². The van der Waals surface area contributed by atoms with Gasteiger partial charge in [0, 0.05) is 86.3 Å². The van der Waals surface area contributed by atoms with Crippen molar-refractivity contribution >= 4 is 54.1 Å². The Morgan fingerprint density at radius 1 is 0.932 bits per heavy atom. The number of fused-ring (bicyclic) bond motifs is 2. The molecule has 7 rings (SSSR count). The number of carbonyl (C=O) groups excluding carboxylic acids is 3. The molecule has 3 fully saturated rings. The highest BCUT2D eigenvalue weighted by Gasteiger charge is 2.65. The molecule has 0 aliphatic carbocycles. The van der Waals surface area contributed by atoms with Crippen LogP contribution in [-0.4, -0.2) is 99.1 Å². The maximum absolute atomic E-state index is 14.6. The fraction of sp³-hybridized carbons (Fsp3) is 0.500. The number of esters is 1. The van der Waals surface area contributed by atoms with Gasteiger partial charge in [-0.25, -0.2) is 9.78 Å². The number of nitrogens with zero attached hydrogens (tertiary/aromatic N) is 5. The third-order valence-corrected chi connectivity index (χ3v) is 18.0. The summed E-state index contributed by atoms with van der Waals surface area (Å²) in [5, 5.41) is 3.43. The number of hydrogen-bond donors (Lipinski definition) is 1. The number of hydrogen-bond acceptors (Lipinski definition) is 11. The van der Waals surface area contributed by atoms with E-state index in [1.165, 1.54) is 0 Å². The molecule has 2 aromatic heterocycles. The fourth-order valence-electron chi connectivity index (χ4n) is 8.89. The van der Waals surface area contributed by atoms with Crippen molar-refractivity contribution in [2.45, 2.75) is 90.3 Å². The number of anilines is 3. The van der Waals surface area contributed by atoms with Crippen molar-refractivity contribution in [2.75, 3.05) is 61.4 Å². The second-order valence-electron chi connectivity index (χ2n) is 18.8. The first-order chi connectivity index (χ1) is 27.9. The quantitative estimate of drug-likeness (QED) is 0.100. The van der Waals surface area contributed by atoms with E-state index in [-0.39, 0.29) is 64.7 Å². The van der Waals surface area contributed by atoms with Crippen LogP contribution in [0.25, 0.3) is 10.9 Å². The lowest BCUT2D eigenvalue weighted by Gasteiger charge is -2.42. The monoisotopic (exact) mass is 820 g/mol. The predicted octanol–water partition coefficient (Wildman–Crippen LogP) is 8.11. The molecule has 0 bridgehead atoms. The number of piperidine rings is 1. The van der Waals surface area contributed by atoms with Crippen LogP contribution in [0.1, 0.15) is 70.1 Å². The minimum Gasteiger partial charge on any atom is -0.460 e. The molecule has 0 saturated carbocycles. The van der Waals surface area contributed by atoms with Crippen LogP contribution in [0.3, 0.4) is 0 Å². The number of rotatable bonds is 9. The Morgan fingerprint density at radius 2 is 1.66 bits per heavy atom. The first kappa shape index (κ1) is 42.3. The van der Waals surface area contributed by atoms with Gasteiger partial charge in [0.15, 0.2) is 5.78 Å².